The fourth-order valence-electron chi connectivity index (χ4n) is 5.05. The Morgan fingerprint density at radius 2 is 1.89 bits per heavy atom. The van der Waals surface area contributed by atoms with Crippen LogP contribution in [0.1, 0.15) is 66.4 Å². The minimum absolute atomic E-state index is 0.00492. The summed E-state index contributed by atoms with van der Waals surface area (Å²) >= 11 is 0.820. The largest absolute Gasteiger partial charge is 0.417 e. The first kappa shape index (κ1) is 25.9. The molecule has 5 rings (SSSR count). The lowest BCUT2D eigenvalue weighted by molar-refractivity contribution is -0.176. The van der Waals surface area contributed by atoms with Crippen molar-refractivity contribution in [3.63, 3.8) is 0 Å². The van der Waals surface area contributed by atoms with Crippen LogP contribution in [0.3, 0.4) is 0 Å². The summed E-state index contributed by atoms with van der Waals surface area (Å²) in [5.41, 5.74) is -1.86. The van der Waals surface area contributed by atoms with Gasteiger partial charge in [0.05, 0.1) is 29.1 Å². The lowest BCUT2D eigenvalue weighted by atomic mass is 9.78. The molecule has 2 aromatic heterocycles. The zero-order chi connectivity index (χ0) is 26.8. The first-order chi connectivity index (χ1) is 17.3. The number of alkyl halides is 3. The molecule has 1 unspecified atom stereocenters. The Balaban J connectivity index is 1.57. The van der Waals surface area contributed by atoms with E-state index in [1.54, 1.807) is 9.80 Å². The first-order valence-electron chi connectivity index (χ1n) is 12.3. The fraction of sp³-hybridized carbons (Fsp3) is 0.600. The molecule has 3 aliphatic heterocycles. The van der Waals surface area contributed by atoms with Crippen molar-refractivity contribution in [2.24, 2.45) is 5.41 Å². The van der Waals surface area contributed by atoms with Gasteiger partial charge in [0.2, 0.25) is 0 Å². The smallest absolute Gasteiger partial charge is 0.380 e. The normalized spacial score (nSPS) is 21.1. The summed E-state index contributed by atoms with van der Waals surface area (Å²) in [5, 5.41) is 2.97. The molecule has 0 bridgehead atoms. The van der Waals surface area contributed by atoms with Gasteiger partial charge < -0.3 is 19.9 Å². The number of halogens is 3. The number of hydrogen-bond acceptors (Lipinski definition) is 7. The number of anilines is 1. The van der Waals surface area contributed by atoms with E-state index in [9.17, 15) is 22.8 Å². The number of thiazole rings is 1. The van der Waals surface area contributed by atoms with Crippen LogP contribution in [0.4, 0.5) is 19.0 Å². The first-order valence-corrected chi connectivity index (χ1v) is 13.1. The maximum Gasteiger partial charge on any atom is 0.417 e. The molecule has 3 aliphatic rings. The maximum absolute atomic E-state index is 14.3. The minimum Gasteiger partial charge on any atom is -0.380 e. The number of ether oxygens (including phenoxy) is 1. The highest BCUT2D eigenvalue weighted by Crippen LogP contribution is 2.43. The number of hydrogen-bond donors (Lipinski definition) is 1. The van der Waals surface area contributed by atoms with Crippen LogP contribution in [0, 0.1) is 5.41 Å². The summed E-state index contributed by atoms with van der Waals surface area (Å²) in [6.07, 6.45) is -1.99. The van der Waals surface area contributed by atoms with Crippen LogP contribution in [0.2, 0.25) is 0 Å². The van der Waals surface area contributed by atoms with Crippen LogP contribution >= 0.6 is 11.3 Å². The minimum atomic E-state index is -4.71. The molecule has 3 saturated heterocycles. The summed E-state index contributed by atoms with van der Waals surface area (Å²) in [4.78, 5) is 38.6. The number of nitrogens with zero attached hydrogens (tertiary/aromatic N) is 4. The van der Waals surface area contributed by atoms with Crippen molar-refractivity contribution < 1.29 is 27.5 Å². The van der Waals surface area contributed by atoms with Gasteiger partial charge in [0.25, 0.3) is 11.8 Å². The van der Waals surface area contributed by atoms with E-state index in [-0.39, 0.29) is 44.3 Å². The molecule has 37 heavy (non-hydrogen) atoms. The number of rotatable bonds is 4. The summed E-state index contributed by atoms with van der Waals surface area (Å²) in [7, 11) is 0. The second-order valence-corrected chi connectivity index (χ2v) is 12.3. The predicted octanol–water partition coefficient (Wildman–Crippen LogP) is 4.53. The Morgan fingerprint density at radius 1 is 1.19 bits per heavy atom. The zero-order valence-corrected chi connectivity index (χ0v) is 22.1. The number of aromatic nitrogens is 2. The van der Waals surface area contributed by atoms with Gasteiger partial charge in [0.1, 0.15) is 11.5 Å². The monoisotopic (exact) mass is 537 g/mol. The third-order valence-corrected chi connectivity index (χ3v) is 8.02. The standard InChI is InChI=1S/C25H30F3N5O3S/c1-14-6-5-7-33(14)21(34)18-19(37-20(30-18)22(35)32-10-24(11-32)12-36-13-24)15-9-29-17(31-23(2,3)4)8-16(15)25(26,27)28/h8-9,14H,5-7,10-13H2,1-4H3,(H,29,31). The van der Waals surface area contributed by atoms with Gasteiger partial charge in [-0.25, -0.2) is 9.97 Å². The molecule has 2 aromatic rings. The third-order valence-electron chi connectivity index (χ3n) is 6.94. The highest BCUT2D eigenvalue weighted by Gasteiger charge is 2.51. The van der Waals surface area contributed by atoms with E-state index >= 15 is 0 Å². The van der Waals surface area contributed by atoms with Crippen molar-refractivity contribution in [1.29, 1.82) is 0 Å². The SMILES string of the molecule is CC1CCCN1C(=O)c1nc(C(=O)N2CC3(COC3)C2)sc1-c1cnc(NC(C)(C)C)cc1C(F)(F)F. The quantitative estimate of drug-likeness (QED) is 0.617. The Kier molecular flexibility index (Phi) is 6.25. The van der Waals surface area contributed by atoms with Gasteiger partial charge in [0.15, 0.2) is 5.01 Å². The lowest BCUT2D eigenvalue weighted by Gasteiger charge is -2.54. The maximum atomic E-state index is 14.3. The van der Waals surface area contributed by atoms with Crippen LogP contribution in [-0.2, 0) is 10.9 Å². The average molecular weight is 538 g/mol. The Bertz CT molecular complexity index is 1230. The molecule has 12 heteroatoms. The fourth-order valence-corrected chi connectivity index (χ4v) is 6.10. The molecular formula is C25H30F3N5O3S. The van der Waals surface area contributed by atoms with Crippen molar-refractivity contribution in [3.8, 4) is 10.4 Å². The molecule has 0 aliphatic carbocycles. The van der Waals surface area contributed by atoms with Crippen molar-refractivity contribution in [2.75, 3.05) is 38.2 Å². The Hall–Kier alpha value is -2.73. The van der Waals surface area contributed by atoms with Gasteiger partial charge >= 0.3 is 6.18 Å². The molecule has 0 radical (unpaired) electrons. The topological polar surface area (TPSA) is 87.7 Å². The Morgan fingerprint density at radius 3 is 2.43 bits per heavy atom. The highest BCUT2D eigenvalue weighted by atomic mass is 32.1. The molecule has 5 heterocycles. The van der Waals surface area contributed by atoms with Gasteiger partial charge in [-0.2, -0.15) is 13.2 Å². The highest BCUT2D eigenvalue weighted by molar-refractivity contribution is 7.17. The zero-order valence-electron chi connectivity index (χ0n) is 21.2. The van der Waals surface area contributed by atoms with E-state index in [2.05, 4.69) is 15.3 Å². The van der Waals surface area contributed by atoms with Gasteiger partial charge in [-0.15, -0.1) is 11.3 Å². The molecule has 0 saturated carbocycles. The van der Waals surface area contributed by atoms with Gasteiger partial charge in [0, 0.05) is 43.0 Å². The van der Waals surface area contributed by atoms with Crippen molar-refractivity contribution in [2.45, 2.75) is 58.3 Å². The summed E-state index contributed by atoms with van der Waals surface area (Å²) in [6, 6.07) is 0.887. The predicted molar refractivity (Wildman–Crippen MR) is 133 cm³/mol. The second-order valence-electron chi connectivity index (χ2n) is 11.3. The van der Waals surface area contributed by atoms with Crippen molar-refractivity contribution >= 4 is 29.0 Å². The molecule has 1 N–H and O–H groups in total. The summed E-state index contributed by atoms with van der Waals surface area (Å²) < 4.78 is 48.1. The van der Waals surface area contributed by atoms with Gasteiger partial charge in [-0.05, 0) is 46.6 Å². The number of pyridine rings is 1. The van der Waals surface area contributed by atoms with Gasteiger partial charge in [-0.3, -0.25) is 9.59 Å². The van der Waals surface area contributed by atoms with Crippen LogP contribution in [0.25, 0.3) is 10.4 Å². The molecular weight excluding hydrogens is 507 g/mol. The van der Waals surface area contributed by atoms with Crippen molar-refractivity contribution in [3.05, 3.63) is 28.5 Å². The van der Waals surface area contributed by atoms with E-state index in [0.29, 0.717) is 32.8 Å². The van der Waals surface area contributed by atoms with E-state index in [1.165, 1.54) is 0 Å². The molecule has 1 atom stereocenters. The van der Waals surface area contributed by atoms with Crippen LogP contribution in [0.15, 0.2) is 12.3 Å². The number of carbonyl (C=O) groups is 2. The summed E-state index contributed by atoms with van der Waals surface area (Å²) in [5.74, 6) is -0.781. The number of nitrogens with one attached hydrogen (secondary N) is 1. The number of likely N-dealkylation sites (tertiary alicyclic amines) is 2. The molecule has 1 spiro atoms. The van der Waals surface area contributed by atoms with E-state index in [4.69, 9.17) is 4.74 Å². The molecule has 200 valence electrons. The van der Waals surface area contributed by atoms with Crippen LogP contribution < -0.4 is 5.32 Å². The molecule has 8 nitrogen and oxygen atoms in total. The van der Waals surface area contributed by atoms with Crippen LogP contribution in [0.5, 0.6) is 0 Å². The average Bonchev–Trinajstić information content (AvgIpc) is 3.36. The Labute approximate surface area is 217 Å². The third kappa shape index (κ3) is 4.93. The summed E-state index contributed by atoms with van der Waals surface area (Å²) in [6.45, 7) is 10.1. The van der Waals surface area contributed by atoms with E-state index in [0.717, 1.165) is 36.4 Å². The van der Waals surface area contributed by atoms with E-state index in [1.807, 2.05) is 27.7 Å². The van der Waals surface area contributed by atoms with E-state index < -0.39 is 23.2 Å². The van der Waals surface area contributed by atoms with Crippen molar-refractivity contribution in [1.82, 2.24) is 19.8 Å². The lowest BCUT2D eigenvalue weighted by Crippen LogP contribution is -2.67. The molecule has 2 amide bonds. The molecule has 3 fully saturated rings. The number of amides is 2. The second kappa shape index (κ2) is 8.93. The van der Waals surface area contributed by atoms with Gasteiger partial charge in [-0.1, -0.05) is 0 Å². The number of carbonyl (C=O) groups excluding carboxylic acids is 2. The molecule has 0 aromatic carbocycles. The van der Waals surface area contributed by atoms with Crippen LogP contribution in [-0.4, -0.2) is 76.0 Å².